The molecule has 0 aliphatic carbocycles. The minimum absolute atomic E-state index is 0.169. The zero-order valence-electron chi connectivity index (χ0n) is 21.9. The molecular formula is C32H25FN6O. The molecule has 3 heterocycles. The number of rotatable bonds is 6. The maximum absolute atomic E-state index is 13.7. The van der Waals surface area contributed by atoms with Crippen LogP contribution in [0.15, 0.2) is 103 Å². The number of hydrogen-bond acceptors (Lipinski definition) is 5. The van der Waals surface area contributed by atoms with Crippen LogP contribution in [0.2, 0.25) is 0 Å². The first-order valence-corrected chi connectivity index (χ1v) is 12.8. The number of nitrogens with one attached hydrogen (secondary N) is 2. The Kier molecular flexibility index (Phi) is 6.49. The number of fused-ring (bicyclic) bond motifs is 1. The van der Waals surface area contributed by atoms with E-state index in [-0.39, 0.29) is 11.7 Å². The summed E-state index contributed by atoms with van der Waals surface area (Å²) < 4.78 is 15.5. The largest absolute Gasteiger partial charge is 0.324 e. The lowest BCUT2D eigenvalue weighted by Gasteiger charge is -2.11. The van der Waals surface area contributed by atoms with Gasteiger partial charge in [-0.1, -0.05) is 36.4 Å². The van der Waals surface area contributed by atoms with Crippen molar-refractivity contribution in [3.63, 3.8) is 0 Å². The molecule has 196 valence electrons. The number of carbonyl (C=O) groups excluding carboxylic acids is 1. The van der Waals surface area contributed by atoms with Crippen molar-refractivity contribution in [1.82, 2.24) is 19.6 Å². The van der Waals surface area contributed by atoms with Crippen LogP contribution in [0.4, 0.5) is 21.7 Å². The van der Waals surface area contributed by atoms with Gasteiger partial charge in [0, 0.05) is 34.9 Å². The monoisotopic (exact) mass is 528 g/mol. The van der Waals surface area contributed by atoms with Crippen molar-refractivity contribution >= 4 is 28.7 Å². The third kappa shape index (κ3) is 4.90. The fourth-order valence-electron chi connectivity index (χ4n) is 4.65. The number of hydrogen-bond donors (Lipinski definition) is 2. The second kappa shape index (κ2) is 10.4. The van der Waals surface area contributed by atoms with E-state index in [2.05, 4.69) is 15.6 Å². The smallest absolute Gasteiger partial charge is 0.255 e. The van der Waals surface area contributed by atoms with Crippen molar-refractivity contribution in [3.05, 3.63) is 126 Å². The lowest BCUT2D eigenvalue weighted by molar-refractivity contribution is 0.102. The van der Waals surface area contributed by atoms with Gasteiger partial charge in [-0.15, -0.1) is 0 Å². The molecule has 0 saturated carbocycles. The second-order valence-corrected chi connectivity index (χ2v) is 9.44. The molecule has 0 spiro atoms. The van der Waals surface area contributed by atoms with Crippen molar-refractivity contribution < 1.29 is 9.18 Å². The Balaban J connectivity index is 1.39. The summed E-state index contributed by atoms with van der Waals surface area (Å²) in [7, 11) is 0. The first-order valence-electron chi connectivity index (χ1n) is 12.8. The van der Waals surface area contributed by atoms with E-state index in [9.17, 15) is 9.18 Å². The van der Waals surface area contributed by atoms with Gasteiger partial charge in [0.25, 0.3) is 5.91 Å². The Morgan fingerprint density at radius 2 is 1.70 bits per heavy atom. The molecule has 3 aromatic carbocycles. The molecule has 0 aliphatic heterocycles. The molecule has 0 fully saturated rings. The second-order valence-electron chi connectivity index (χ2n) is 9.44. The van der Waals surface area contributed by atoms with Gasteiger partial charge in [-0.3, -0.25) is 4.79 Å². The third-order valence-corrected chi connectivity index (χ3v) is 6.78. The van der Waals surface area contributed by atoms with Gasteiger partial charge >= 0.3 is 0 Å². The van der Waals surface area contributed by atoms with E-state index in [1.165, 1.54) is 12.1 Å². The summed E-state index contributed by atoms with van der Waals surface area (Å²) in [6.07, 6.45) is 3.53. The number of pyridine rings is 1. The van der Waals surface area contributed by atoms with Crippen LogP contribution in [0.25, 0.3) is 28.0 Å². The van der Waals surface area contributed by atoms with Crippen LogP contribution >= 0.6 is 0 Å². The predicted molar refractivity (Wildman–Crippen MR) is 155 cm³/mol. The number of anilines is 3. The summed E-state index contributed by atoms with van der Waals surface area (Å²) in [5.41, 5.74) is 7.68. The van der Waals surface area contributed by atoms with E-state index in [0.717, 1.165) is 27.8 Å². The standard InChI is InChI=1S/C32H25FN6O/c1-20-8-5-13-26(21(20)2)31(40)35-24-11-6-9-22(18-24)30-29(28-14-3-4-17-39(28)38-30)27-15-16-34-32(37-27)36-25-12-7-10-23(33)19-25/h3-19H,1-2H3,(H,35,40)(H,34,36,37). The van der Waals surface area contributed by atoms with Gasteiger partial charge in [-0.05, 0) is 79.6 Å². The zero-order valence-corrected chi connectivity index (χ0v) is 21.9. The van der Waals surface area contributed by atoms with Crippen molar-refractivity contribution in [1.29, 1.82) is 0 Å². The third-order valence-electron chi connectivity index (χ3n) is 6.78. The van der Waals surface area contributed by atoms with Crippen LogP contribution in [-0.4, -0.2) is 25.5 Å². The summed E-state index contributed by atoms with van der Waals surface area (Å²) in [6, 6.07) is 27.1. The van der Waals surface area contributed by atoms with Crippen molar-refractivity contribution in [2.75, 3.05) is 10.6 Å². The Morgan fingerprint density at radius 1 is 0.875 bits per heavy atom. The number of amides is 1. The Labute approximate surface area is 230 Å². The molecule has 2 N–H and O–H groups in total. The maximum atomic E-state index is 13.7. The van der Waals surface area contributed by atoms with E-state index >= 15 is 0 Å². The molecule has 6 aromatic rings. The molecule has 1 amide bonds. The molecule has 0 atom stereocenters. The van der Waals surface area contributed by atoms with Crippen LogP contribution in [0.5, 0.6) is 0 Å². The molecule has 3 aromatic heterocycles. The fourth-order valence-corrected chi connectivity index (χ4v) is 4.65. The maximum Gasteiger partial charge on any atom is 0.255 e. The van der Waals surface area contributed by atoms with Crippen molar-refractivity contribution in [2.24, 2.45) is 0 Å². The molecule has 0 unspecified atom stereocenters. The first-order chi connectivity index (χ1) is 19.5. The highest BCUT2D eigenvalue weighted by Crippen LogP contribution is 2.35. The Hall–Kier alpha value is -5.37. The molecule has 0 aliphatic rings. The quantitative estimate of drug-likeness (QED) is 0.239. The summed E-state index contributed by atoms with van der Waals surface area (Å²) in [4.78, 5) is 22.2. The van der Waals surface area contributed by atoms with Gasteiger partial charge < -0.3 is 10.6 Å². The van der Waals surface area contributed by atoms with Crippen LogP contribution in [0.3, 0.4) is 0 Å². The number of benzene rings is 3. The van der Waals surface area contributed by atoms with Crippen LogP contribution in [0.1, 0.15) is 21.5 Å². The molecule has 40 heavy (non-hydrogen) atoms. The number of halogens is 1. The van der Waals surface area contributed by atoms with Crippen molar-refractivity contribution in [2.45, 2.75) is 13.8 Å². The zero-order chi connectivity index (χ0) is 27.6. The van der Waals surface area contributed by atoms with Gasteiger partial charge in [0.2, 0.25) is 5.95 Å². The van der Waals surface area contributed by atoms with E-state index in [1.807, 2.05) is 86.8 Å². The van der Waals surface area contributed by atoms with Crippen LogP contribution < -0.4 is 10.6 Å². The summed E-state index contributed by atoms with van der Waals surface area (Å²) >= 11 is 0. The highest BCUT2D eigenvalue weighted by atomic mass is 19.1. The molecule has 8 heteroatoms. The highest BCUT2D eigenvalue weighted by Gasteiger charge is 2.19. The van der Waals surface area contributed by atoms with Gasteiger partial charge in [0.1, 0.15) is 11.5 Å². The van der Waals surface area contributed by atoms with E-state index in [4.69, 9.17) is 10.1 Å². The summed E-state index contributed by atoms with van der Waals surface area (Å²) in [5, 5.41) is 11.0. The SMILES string of the molecule is Cc1cccc(C(=O)Nc2cccc(-c3nn4ccccc4c3-c3ccnc(Nc4cccc(F)c4)n3)c2)c1C. The minimum atomic E-state index is -0.351. The molecule has 0 bridgehead atoms. The lowest BCUT2D eigenvalue weighted by Crippen LogP contribution is -2.13. The minimum Gasteiger partial charge on any atom is -0.324 e. The average Bonchev–Trinajstić information content (AvgIpc) is 3.35. The highest BCUT2D eigenvalue weighted by molar-refractivity contribution is 6.06. The summed E-state index contributed by atoms with van der Waals surface area (Å²) in [6.45, 7) is 3.94. The molecule has 7 nitrogen and oxygen atoms in total. The molecule has 0 radical (unpaired) electrons. The fraction of sp³-hybridized carbons (Fsp3) is 0.0625. The lowest BCUT2D eigenvalue weighted by atomic mass is 10.0. The average molecular weight is 529 g/mol. The van der Waals surface area contributed by atoms with Gasteiger partial charge in [-0.2, -0.15) is 5.10 Å². The molecular weight excluding hydrogens is 503 g/mol. The normalized spacial score (nSPS) is 11.0. The van der Waals surface area contributed by atoms with E-state index in [0.29, 0.717) is 34.3 Å². The number of nitrogens with zero attached hydrogens (tertiary/aromatic N) is 4. The van der Waals surface area contributed by atoms with Gasteiger partial charge in [-0.25, -0.2) is 18.9 Å². The Bertz CT molecular complexity index is 1880. The topological polar surface area (TPSA) is 84.2 Å². The van der Waals surface area contributed by atoms with Gasteiger partial charge in [0.05, 0.1) is 16.8 Å². The van der Waals surface area contributed by atoms with Gasteiger partial charge in [0.15, 0.2) is 0 Å². The van der Waals surface area contributed by atoms with Crippen LogP contribution in [0, 0.1) is 19.7 Å². The van der Waals surface area contributed by atoms with E-state index in [1.54, 1.807) is 22.8 Å². The number of aryl methyl sites for hydroxylation is 1. The first kappa shape index (κ1) is 24.9. The van der Waals surface area contributed by atoms with Crippen LogP contribution in [-0.2, 0) is 0 Å². The summed E-state index contributed by atoms with van der Waals surface area (Å²) in [5.74, 6) is -0.188. The molecule has 6 rings (SSSR count). The molecule has 0 saturated heterocycles. The Morgan fingerprint density at radius 3 is 2.58 bits per heavy atom. The van der Waals surface area contributed by atoms with E-state index < -0.39 is 0 Å². The number of carbonyl (C=O) groups is 1. The van der Waals surface area contributed by atoms with Crippen molar-refractivity contribution in [3.8, 4) is 22.5 Å². The number of aromatic nitrogens is 4. The predicted octanol–water partition coefficient (Wildman–Crippen LogP) is 7.21.